The van der Waals surface area contributed by atoms with E-state index in [1.54, 1.807) is 12.3 Å². The molecule has 1 fully saturated rings. The first-order valence-electron chi connectivity index (χ1n) is 9.12. The fourth-order valence-corrected chi connectivity index (χ4v) is 3.35. The number of carbonyl (C=O) groups excluding carboxylic acids is 2. The zero-order chi connectivity index (χ0) is 18.5. The average molecular weight is 355 g/mol. The number of pyridine rings is 1. The number of likely N-dealkylation sites (tertiary alicyclic amines) is 1. The predicted molar refractivity (Wildman–Crippen MR) is 97.3 cm³/mol. The number of nitrogens with zero attached hydrogens (tertiary/aromatic N) is 4. The highest BCUT2D eigenvalue weighted by Crippen LogP contribution is 2.33. The minimum absolute atomic E-state index is 0.0254. The van der Waals surface area contributed by atoms with Gasteiger partial charge in [-0.3, -0.25) is 19.3 Å². The van der Waals surface area contributed by atoms with Gasteiger partial charge in [-0.05, 0) is 43.0 Å². The van der Waals surface area contributed by atoms with Gasteiger partial charge in [0.25, 0.3) is 5.91 Å². The molecule has 2 aromatic heterocycles. The Bertz CT molecular complexity index is 786. The summed E-state index contributed by atoms with van der Waals surface area (Å²) in [6, 6.07) is 5.74. The van der Waals surface area contributed by atoms with Crippen molar-refractivity contribution in [1.82, 2.24) is 25.0 Å². The van der Waals surface area contributed by atoms with Gasteiger partial charge in [-0.2, -0.15) is 5.10 Å². The van der Waals surface area contributed by atoms with Gasteiger partial charge in [0.15, 0.2) is 0 Å². The van der Waals surface area contributed by atoms with E-state index in [1.165, 1.54) is 6.92 Å². The van der Waals surface area contributed by atoms with E-state index in [0.717, 1.165) is 43.6 Å². The molecular weight excluding hydrogens is 330 g/mol. The van der Waals surface area contributed by atoms with E-state index < -0.39 is 0 Å². The van der Waals surface area contributed by atoms with Crippen molar-refractivity contribution < 1.29 is 9.59 Å². The number of rotatable bonds is 6. The van der Waals surface area contributed by atoms with Crippen LogP contribution in [0.4, 0.5) is 0 Å². The molecule has 0 unspecified atom stereocenters. The Kier molecular flexibility index (Phi) is 5.65. The van der Waals surface area contributed by atoms with Crippen LogP contribution in [-0.2, 0) is 17.9 Å². The van der Waals surface area contributed by atoms with Crippen LogP contribution in [0.3, 0.4) is 0 Å². The fourth-order valence-electron chi connectivity index (χ4n) is 3.35. The monoisotopic (exact) mass is 355 g/mol. The van der Waals surface area contributed by atoms with Crippen LogP contribution in [0, 0.1) is 0 Å². The van der Waals surface area contributed by atoms with Gasteiger partial charge in [0.1, 0.15) is 5.69 Å². The van der Waals surface area contributed by atoms with Gasteiger partial charge >= 0.3 is 0 Å². The third kappa shape index (κ3) is 4.09. The van der Waals surface area contributed by atoms with E-state index in [4.69, 9.17) is 0 Å². The summed E-state index contributed by atoms with van der Waals surface area (Å²) in [7, 11) is 0. The number of aromatic nitrogens is 3. The number of amides is 2. The van der Waals surface area contributed by atoms with E-state index >= 15 is 0 Å². The maximum Gasteiger partial charge on any atom is 0.274 e. The molecule has 26 heavy (non-hydrogen) atoms. The smallest absolute Gasteiger partial charge is 0.274 e. The van der Waals surface area contributed by atoms with Gasteiger partial charge in [-0.25, -0.2) is 0 Å². The van der Waals surface area contributed by atoms with E-state index in [1.807, 2.05) is 27.9 Å². The molecule has 7 nitrogen and oxygen atoms in total. The Morgan fingerprint density at radius 2 is 2.19 bits per heavy atom. The number of nitrogens with one attached hydrogen (secondary N) is 1. The minimum atomic E-state index is -0.0856. The van der Waals surface area contributed by atoms with Gasteiger partial charge in [0.05, 0.1) is 18.3 Å². The van der Waals surface area contributed by atoms with Crippen molar-refractivity contribution in [3.05, 3.63) is 47.5 Å². The van der Waals surface area contributed by atoms with Crippen LogP contribution in [0.5, 0.6) is 0 Å². The SMILES string of the molecule is CCCn1ccc(C(=O)N2CCC[C@@H]2c2ccnc(CNC(C)=O)c2)n1. The Morgan fingerprint density at radius 1 is 1.35 bits per heavy atom. The second-order valence-electron chi connectivity index (χ2n) is 6.61. The molecule has 0 bridgehead atoms. The van der Waals surface area contributed by atoms with E-state index in [0.29, 0.717) is 12.2 Å². The molecule has 0 radical (unpaired) electrons. The Hall–Kier alpha value is -2.70. The molecule has 1 atom stereocenters. The second-order valence-corrected chi connectivity index (χ2v) is 6.61. The van der Waals surface area contributed by atoms with Crippen molar-refractivity contribution in [3.63, 3.8) is 0 Å². The molecule has 0 aliphatic carbocycles. The third-order valence-electron chi connectivity index (χ3n) is 4.57. The quantitative estimate of drug-likeness (QED) is 0.862. The number of hydrogen-bond donors (Lipinski definition) is 1. The predicted octanol–water partition coefficient (Wildman–Crippen LogP) is 2.30. The standard InChI is InChI=1S/C19H25N5O2/c1-3-9-23-11-7-17(22-23)19(26)24-10-4-5-18(24)15-6-8-20-16(12-15)13-21-14(2)25/h6-8,11-12,18H,3-5,9-10,13H2,1-2H3,(H,21,25)/t18-/m1/s1. The lowest BCUT2D eigenvalue weighted by molar-refractivity contribution is -0.119. The Labute approximate surface area is 153 Å². The third-order valence-corrected chi connectivity index (χ3v) is 4.57. The first kappa shape index (κ1) is 18.1. The lowest BCUT2D eigenvalue weighted by Crippen LogP contribution is -2.31. The van der Waals surface area contributed by atoms with Crippen LogP contribution in [0.1, 0.15) is 60.9 Å². The molecule has 0 aromatic carbocycles. The zero-order valence-electron chi connectivity index (χ0n) is 15.3. The van der Waals surface area contributed by atoms with Crippen LogP contribution in [-0.4, -0.2) is 38.0 Å². The van der Waals surface area contributed by atoms with Crippen LogP contribution >= 0.6 is 0 Å². The van der Waals surface area contributed by atoms with Crippen molar-refractivity contribution in [3.8, 4) is 0 Å². The summed E-state index contributed by atoms with van der Waals surface area (Å²) in [4.78, 5) is 30.2. The van der Waals surface area contributed by atoms with Crippen LogP contribution in [0.25, 0.3) is 0 Å². The molecular formula is C19H25N5O2. The van der Waals surface area contributed by atoms with Crippen LogP contribution in [0.15, 0.2) is 30.6 Å². The van der Waals surface area contributed by atoms with Crippen molar-refractivity contribution in [2.45, 2.75) is 52.2 Å². The Balaban J connectivity index is 1.76. The Morgan fingerprint density at radius 3 is 2.96 bits per heavy atom. The largest absolute Gasteiger partial charge is 0.351 e. The van der Waals surface area contributed by atoms with E-state index in [2.05, 4.69) is 22.3 Å². The minimum Gasteiger partial charge on any atom is -0.351 e. The van der Waals surface area contributed by atoms with E-state index in [-0.39, 0.29) is 17.9 Å². The maximum atomic E-state index is 12.9. The van der Waals surface area contributed by atoms with Gasteiger partial charge in [0.2, 0.25) is 5.91 Å². The first-order valence-corrected chi connectivity index (χ1v) is 9.12. The lowest BCUT2D eigenvalue weighted by Gasteiger charge is -2.24. The molecule has 7 heteroatoms. The van der Waals surface area contributed by atoms with Crippen LogP contribution in [0.2, 0.25) is 0 Å². The maximum absolute atomic E-state index is 12.9. The molecule has 1 saturated heterocycles. The molecule has 0 spiro atoms. The molecule has 2 aromatic rings. The number of carbonyl (C=O) groups is 2. The highest BCUT2D eigenvalue weighted by atomic mass is 16.2. The molecule has 0 saturated carbocycles. The summed E-state index contributed by atoms with van der Waals surface area (Å²) in [6.07, 6.45) is 6.47. The van der Waals surface area contributed by atoms with Crippen LogP contribution < -0.4 is 5.32 Å². The average Bonchev–Trinajstić information content (AvgIpc) is 3.29. The first-order chi connectivity index (χ1) is 12.6. The molecule has 2 amide bonds. The summed E-state index contributed by atoms with van der Waals surface area (Å²) >= 11 is 0. The number of hydrogen-bond acceptors (Lipinski definition) is 4. The highest BCUT2D eigenvalue weighted by molar-refractivity contribution is 5.92. The van der Waals surface area contributed by atoms with E-state index in [9.17, 15) is 9.59 Å². The van der Waals surface area contributed by atoms with Gasteiger partial charge < -0.3 is 10.2 Å². The molecule has 1 aliphatic rings. The van der Waals surface area contributed by atoms with Crippen molar-refractivity contribution in [2.24, 2.45) is 0 Å². The molecule has 3 rings (SSSR count). The molecule has 1 N–H and O–H groups in total. The van der Waals surface area contributed by atoms with Crippen molar-refractivity contribution in [2.75, 3.05) is 6.54 Å². The molecule has 1 aliphatic heterocycles. The summed E-state index contributed by atoms with van der Waals surface area (Å²) in [6.45, 7) is 5.51. The van der Waals surface area contributed by atoms with Gasteiger partial charge in [-0.1, -0.05) is 6.92 Å². The highest BCUT2D eigenvalue weighted by Gasteiger charge is 2.31. The van der Waals surface area contributed by atoms with Gasteiger partial charge in [0, 0.05) is 32.4 Å². The topological polar surface area (TPSA) is 80.1 Å². The van der Waals surface area contributed by atoms with Gasteiger partial charge in [-0.15, -0.1) is 0 Å². The van der Waals surface area contributed by atoms with Crippen molar-refractivity contribution >= 4 is 11.8 Å². The second kappa shape index (κ2) is 8.12. The lowest BCUT2D eigenvalue weighted by atomic mass is 10.0. The zero-order valence-corrected chi connectivity index (χ0v) is 15.3. The summed E-state index contributed by atoms with van der Waals surface area (Å²) in [5, 5.41) is 7.16. The summed E-state index contributed by atoms with van der Waals surface area (Å²) in [5.74, 6) is -0.111. The molecule has 3 heterocycles. The van der Waals surface area contributed by atoms with Crippen molar-refractivity contribution in [1.29, 1.82) is 0 Å². The fraction of sp³-hybridized carbons (Fsp3) is 0.474. The summed E-state index contributed by atoms with van der Waals surface area (Å²) < 4.78 is 1.82. The number of aryl methyl sites for hydroxylation is 1. The summed E-state index contributed by atoms with van der Waals surface area (Å²) in [5.41, 5.74) is 2.35. The normalized spacial score (nSPS) is 16.7. The molecule has 138 valence electrons.